The molecule has 1 unspecified atom stereocenters. The second kappa shape index (κ2) is 8.95. The first-order chi connectivity index (χ1) is 16.4. The van der Waals surface area contributed by atoms with E-state index in [2.05, 4.69) is 9.72 Å². The van der Waals surface area contributed by atoms with E-state index in [0.29, 0.717) is 40.5 Å². The van der Waals surface area contributed by atoms with Crippen molar-refractivity contribution in [2.24, 2.45) is 0 Å². The van der Waals surface area contributed by atoms with E-state index < -0.39 is 18.7 Å². The van der Waals surface area contributed by atoms with Crippen molar-refractivity contribution < 1.29 is 27.4 Å². The largest absolute Gasteiger partial charge is 0.435 e. The molecule has 34 heavy (non-hydrogen) atoms. The van der Waals surface area contributed by atoms with Crippen LogP contribution in [-0.2, 0) is 6.42 Å². The summed E-state index contributed by atoms with van der Waals surface area (Å²) in [5, 5.41) is 1.38. The van der Waals surface area contributed by atoms with Crippen molar-refractivity contribution in [1.82, 2.24) is 9.88 Å². The van der Waals surface area contributed by atoms with Gasteiger partial charge in [0.05, 0.1) is 0 Å². The topological polar surface area (TPSA) is 54.6 Å². The zero-order valence-corrected chi connectivity index (χ0v) is 18.4. The van der Waals surface area contributed by atoms with Crippen molar-refractivity contribution >= 4 is 28.6 Å². The number of ether oxygens (including phenoxy) is 2. The molecule has 1 aromatic heterocycles. The highest BCUT2D eigenvalue weighted by Crippen LogP contribution is 2.39. The van der Waals surface area contributed by atoms with E-state index in [1.807, 2.05) is 0 Å². The number of amides is 1. The first-order valence-electron chi connectivity index (χ1n) is 10.5. The Bertz CT molecular complexity index is 1340. The quantitative estimate of drug-likeness (QED) is 0.349. The van der Waals surface area contributed by atoms with Crippen LogP contribution in [0.4, 0.5) is 18.0 Å². The lowest BCUT2D eigenvalue weighted by Crippen LogP contribution is -2.42. The number of halogens is 4. The molecule has 4 aromatic rings. The third kappa shape index (κ3) is 4.28. The van der Waals surface area contributed by atoms with Gasteiger partial charge in [-0.3, -0.25) is 4.90 Å². The van der Waals surface area contributed by atoms with E-state index in [1.54, 1.807) is 47.4 Å². The van der Waals surface area contributed by atoms with Crippen LogP contribution in [0.2, 0.25) is 5.02 Å². The van der Waals surface area contributed by atoms with Crippen LogP contribution in [0.25, 0.3) is 10.9 Å². The fourth-order valence-electron chi connectivity index (χ4n) is 4.31. The van der Waals surface area contributed by atoms with Crippen LogP contribution < -0.4 is 9.47 Å². The Hall–Kier alpha value is -3.65. The lowest BCUT2D eigenvalue weighted by atomic mass is 9.92. The van der Waals surface area contributed by atoms with Crippen LogP contribution in [0.1, 0.15) is 22.9 Å². The smallest absolute Gasteiger partial charge is 0.416 e. The Balaban J connectivity index is 1.55. The highest BCUT2D eigenvalue weighted by molar-refractivity contribution is 6.30. The number of hydrogen-bond acceptors (Lipinski definition) is 3. The Morgan fingerprint density at radius 3 is 2.44 bits per heavy atom. The second-order valence-electron chi connectivity index (χ2n) is 7.82. The Labute approximate surface area is 197 Å². The minimum atomic E-state index is -2.94. The molecule has 1 aliphatic heterocycles. The van der Waals surface area contributed by atoms with Gasteiger partial charge in [-0.1, -0.05) is 23.7 Å². The van der Waals surface area contributed by atoms with Gasteiger partial charge in [0.2, 0.25) is 0 Å². The molecular weight excluding hydrogens is 469 g/mol. The molecule has 5 nitrogen and oxygen atoms in total. The number of rotatable bonds is 4. The predicted molar refractivity (Wildman–Crippen MR) is 121 cm³/mol. The minimum Gasteiger partial charge on any atom is -0.435 e. The summed E-state index contributed by atoms with van der Waals surface area (Å²) in [5.41, 5.74) is 2.94. The molecule has 0 saturated carbocycles. The maximum absolute atomic E-state index is 13.9. The van der Waals surface area contributed by atoms with Gasteiger partial charge in [-0.25, -0.2) is 9.18 Å². The molecule has 0 radical (unpaired) electrons. The van der Waals surface area contributed by atoms with Crippen LogP contribution >= 0.6 is 11.6 Å². The Morgan fingerprint density at radius 1 is 1.03 bits per heavy atom. The molecule has 1 atom stereocenters. The number of alkyl halides is 2. The van der Waals surface area contributed by atoms with Gasteiger partial charge in [-0.15, -0.1) is 0 Å². The molecular formula is C25H18ClF3N2O3. The Kier molecular flexibility index (Phi) is 5.83. The number of aromatic nitrogens is 1. The summed E-state index contributed by atoms with van der Waals surface area (Å²) in [4.78, 5) is 18.0. The van der Waals surface area contributed by atoms with Gasteiger partial charge in [0.15, 0.2) is 0 Å². The van der Waals surface area contributed by atoms with Crippen molar-refractivity contribution in [3.05, 3.63) is 94.4 Å². The summed E-state index contributed by atoms with van der Waals surface area (Å²) < 4.78 is 49.1. The highest BCUT2D eigenvalue weighted by Gasteiger charge is 2.35. The van der Waals surface area contributed by atoms with Gasteiger partial charge in [-0.2, -0.15) is 8.78 Å². The van der Waals surface area contributed by atoms with Gasteiger partial charge >= 0.3 is 12.7 Å². The first-order valence-corrected chi connectivity index (χ1v) is 10.9. The summed E-state index contributed by atoms with van der Waals surface area (Å²) in [6, 6.07) is 16.4. The van der Waals surface area contributed by atoms with E-state index in [0.717, 1.165) is 10.9 Å². The number of H-pyrrole nitrogens is 1. The molecule has 174 valence electrons. The highest BCUT2D eigenvalue weighted by atomic mass is 35.5. The van der Waals surface area contributed by atoms with E-state index >= 15 is 0 Å². The van der Waals surface area contributed by atoms with Crippen molar-refractivity contribution in [1.29, 1.82) is 0 Å². The van der Waals surface area contributed by atoms with Gasteiger partial charge < -0.3 is 14.5 Å². The third-order valence-corrected chi connectivity index (χ3v) is 6.02. The molecule has 1 aliphatic rings. The Morgan fingerprint density at radius 2 is 1.74 bits per heavy atom. The molecule has 0 saturated heterocycles. The summed E-state index contributed by atoms with van der Waals surface area (Å²) in [7, 11) is 0. The van der Waals surface area contributed by atoms with Crippen LogP contribution in [0, 0.1) is 5.82 Å². The fraction of sp³-hybridized carbons (Fsp3) is 0.160. The average molecular weight is 487 g/mol. The second-order valence-corrected chi connectivity index (χ2v) is 8.26. The molecule has 9 heteroatoms. The molecule has 0 fully saturated rings. The number of nitrogens with zero attached hydrogens (tertiary/aromatic N) is 1. The number of carbonyl (C=O) groups excluding carboxylic acids is 1. The standard InChI is InChI=1S/C25H18ClF3N2O3/c26-15-3-8-18(9-4-15)34-25(32)31-12-11-20-19-10-5-16(27)13-21(19)30-22(20)23(31)14-1-6-17(7-2-14)33-24(28)29/h1-10,13,23-24,30H,11-12H2. The molecule has 0 spiro atoms. The summed E-state index contributed by atoms with van der Waals surface area (Å²) in [6.07, 6.45) is -0.0598. The maximum Gasteiger partial charge on any atom is 0.416 e. The lowest BCUT2D eigenvalue weighted by molar-refractivity contribution is -0.0498. The van der Waals surface area contributed by atoms with Crippen molar-refractivity contribution in [3.8, 4) is 11.5 Å². The number of carbonyl (C=O) groups is 1. The number of hydrogen-bond donors (Lipinski definition) is 1. The normalized spacial score (nSPS) is 15.4. The van der Waals surface area contributed by atoms with E-state index in [4.69, 9.17) is 16.3 Å². The van der Waals surface area contributed by atoms with Crippen LogP contribution in [0.3, 0.4) is 0 Å². The fourth-order valence-corrected chi connectivity index (χ4v) is 4.43. The van der Waals surface area contributed by atoms with Crippen molar-refractivity contribution in [2.45, 2.75) is 19.1 Å². The van der Waals surface area contributed by atoms with E-state index in [-0.39, 0.29) is 11.6 Å². The van der Waals surface area contributed by atoms with Gasteiger partial charge in [0, 0.05) is 28.2 Å². The SMILES string of the molecule is O=C(Oc1ccc(Cl)cc1)N1CCc2c([nH]c3cc(F)ccc23)C1c1ccc(OC(F)F)cc1. The molecule has 0 aliphatic carbocycles. The van der Waals surface area contributed by atoms with Crippen LogP contribution in [0.15, 0.2) is 66.7 Å². The molecule has 0 bridgehead atoms. The van der Waals surface area contributed by atoms with Crippen molar-refractivity contribution in [3.63, 3.8) is 0 Å². The molecule has 5 rings (SSSR count). The van der Waals surface area contributed by atoms with Gasteiger partial charge in [0.1, 0.15) is 23.4 Å². The average Bonchev–Trinajstić information content (AvgIpc) is 3.17. The summed E-state index contributed by atoms with van der Waals surface area (Å²) >= 11 is 5.91. The summed E-state index contributed by atoms with van der Waals surface area (Å²) in [6.45, 7) is -2.61. The van der Waals surface area contributed by atoms with E-state index in [9.17, 15) is 18.0 Å². The van der Waals surface area contributed by atoms with Crippen LogP contribution in [-0.4, -0.2) is 29.1 Å². The monoisotopic (exact) mass is 486 g/mol. The number of fused-ring (bicyclic) bond motifs is 3. The predicted octanol–water partition coefficient (Wildman–Crippen LogP) is 6.71. The summed E-state index contributed by atoms with van der Waals surface area (Å²) in [5.74, 6) is -0.0442. The minimum absolute atomic E-state index is 0.00351. The third-order valence-electron chi connectivity index (χ3n) is 5.76. The number of aromatic amines is 1. The molecule has 1 amide bonds. The van der Waals surface area contributed by atoms with Gasteiger partial charge in [-0.05, 0) is 72.1 Å². The van der Waals surface area contributed by atoms with E-state index in [1.165, 1.54) is 24.3 Å². The van der Waals surface area contributed by atoms with Gasteiger partial charge in [0.25, 0.3) is 0 Å². The zero-order valence-electron chi connectivity index (χ0n) is 17.6. The van der Waals surface area contributed by atoms with Crippen LogP contribution in [0.5, 0.6) is 11.5 Å². The maximum atomic E-state index is 13.9. The number of benzene rings is 3. The van der Waals surface area contributed by atoms with Crippen molar-refractivity contribution in [2.75, 3.05) is 6.54 Å². The molecule has 3 aromatic carbocycles. The molecule has 2 heterocycles. The first kappa shape index (κ1) is 22.2. The lowest BCUT2D eigenvalue weighted by Gasteiger charge is -2.35. The molecule has 1 N–H and O–H groups in total. The number of nitrogens with one attached hydrogen (secondary N) is 1. The zero-order chi connectivity index (χ0) is 23.8.